The molecule has 1 fully saturated rings. The number of aromatic nitrogens is 2. The fourth-order valence-electron chi connectivity index (χ4n) is 2.73. The molecular weight excluding hydrogens is 389 g/mol. The number of nitrogens with one attached hydrogen (secondary N) is 1. The number of aryl methyl sites for hydroxylation is 2. The highest BCUT2D eigenvalue weighted by molar-refractivity contribution is 14.0. The second-order valence-electron chi connectivity index (χ2n) is 7.14. The summed E-state index contributed by atoms with van der Waals surface area (Å²) in [4.78, 5) is 6.80. The topological polar surface area (TPSA) is 45.5 Å². The Hall–Kier alpha value is -0.790. The zero-order valence-electron chi connectivity index (χ0n) is 14.7. The van der Waals surface area contributed by atoms with Gasteiger partial charge in [-0.1, -0.05) is 13.8 Å². The molecule has 0 amide bonds. The Kier molecular flexibility index (Phi) is 6.29. The first-order valence-electron chi connectivity index (χ1n) is 7.75. The SMILES string of the molecule is CN=C(NCCCn1cc(C)cn1)N1CC(C)(C)C1(C)C.I. The lowest BCUT2D eigenvalue weighted by atomic mass is 9.65. The van der Waals surface area contributed by atoms with Crippen LogP contribution in [0, 0.1) is 12.3 Å². The van der Waals surface area contributed by atoms with E-state index >= 15 is 0 Å². The summed E-state index contributed by atoms with van der Waals surface area (Å²) in [5.41, 5.74) is 1.69. The molecule has 6 heteroatoms. The van der Waals surface area contributed by atoms with E-state index in [-0.39, 0.29) is 29.5 Å². The van der Waals surface area contributed by atoms with Crippen LogP contribution in [0.4, 0.5) is 0 Å². The predicted molar refractivity (Wildman–Crippen MR) is 103 cm³/mol. The number of likely N-dealkylation sites (tertiary alicyclic amines) is 1. The van der Waals surface area contributed by atoms with E-state index in [1.165, 1.54) is 5.56 Å². The van der Waals surface area contributed by atoms with Crippen LogP contribution in [0.3, 0.4) is 0 Å². The quantitative estimate of drug-likeness (QED) is 0.353. The molecule has 1 N–H and O–H groups in total. The molecule has 0 spiro atoms. The molecule has 0 unspecified atom stereocenters. The minimum atomic E-state index is 0. The number of nitrogens with zero attached hydrogens (tertiary/aromatic N) is 4. The van der Waals surface area contributed by atoms with E-state index in [9.17, 15) is 0 Å². The standard InChI is InChI=1S/C16H29N5.HI/c1-13-10-19-20(11-13)9-7-8-18-14(17-6)21-12-15(2,3)16(21,4)5;/h10-11H,7-9,12H2,1-6H3,(H,17,18);1H. The molecule has 1 aliphatic heterocycles. The van der Waals surface area contributed by atoms with Crippen LogP contribution in [0.1, 0.15) is 39.7 Å². The summed E-state index contributed by atoms with van der Waals surface area (Å²) in [7, 11) is 1.86. The van der Waals surface area contributed by atoms with Crippen LogP contribution >= 0.6 is 24.0 Å². The van der Waals surface area contributed by atoms with Gasteiger partial charge in [-0.05, 0) is 32.8 Å². The number of rotatable bonds is 4. The van der Waals surface area contributed by atoms with E-state index < -0.39 is 0 Å². The van der Waals surface area contributed by atoms with Gasteiger partial charge in [0.15, 0.2) is 5.96 Å². The number of aliphatic imine (C=N–C) groups is 1. The molecule has 1 aromatic heterocycles. The third-order valence-electron chi connectivity index (χ3n) is 4.96. The maximum atomic E-state index is 4.43. The van der Waals surface area contributed by atoms with Crippen LogP contribution in [-0.2, 0) is 6.54 Å². The van der Waals surface area contributed by atoms with Gasteiger partial charge in [-0.25, -0.2) is 0 Å². The van der Waals surface area contributed by atoms with E-state index in [1.54, 1.807) is 0 Å². The summed E-state index contributed by atoms with van der Waals surface area (Å²) in [6.45, 7) is 14.2. The van der Waals surface area contributed by atoms with Crippen LogP contribution in [0.25, 0.3) is 0 Å². The molecule has 1 saturated heterocycles. The molecule has 0 aliphatic carbocycles. The van der Waals surface area contributed by atoms with Crippen molar-refractivity contribution >= 4 is 29.9 Å². The second kappa shape index (κ2) is 7.19. The zero-order chi connectivity index (χ0) is 15.7. The third kappa shape index (κ3) is 3.75. The summed E-state index contributed by atoms with van der Waals surface area (Å²) in [6.07, 6.45) is 5.02. The van der Waals surface area contributed by atoms with E-state index in [1.807, 2.05) is 17.9 Å². The van der Waals surface area contributed by atoms with E-state index in [2.05, 4.69) is 61.1 Å². The summed E-state index contributed by atoms with van der Waals surface area (Å²) < 4.78 is 2.00. The Bertz CT molecular complexity index is 518. The van der Waals surface area contributed by atoms with Crippen LogP contribution in [0.2, 0.25) is 0 Å². The fourth-order valence-corrected chi connectivity index (χ4v) is 2.73. The van der Waals surface area contributed by atoms with Crippen LogP contribution in [0.5, 0.6) is 0 Å². The lowest BCUT2D eigenvalue weighted by Gasteiger charge is -2.62. The smallest absolute Gasteiger partial charge is 0.194 e. The molecule has 0 aromatic carbocycles. The molecule has 2 heterocycles. The van der Waals surface area contributed by atoms with Gasteiger partial charge in [0, 0.05) is 43.8 Å². The van der Waals surface area contributed by atoms with Gasteiger partial charge in [0.1, 0.15) is 0 Å². The number of halogens is 1. The molecular formula is C16H30IN5. The monoisotopic (exact) mass is 419 g/mol. The number of guanidine groups is 1. The predicted octanol–water partition coefficient (Wildman–Crippen LogP) is 2.90. The van der Waals surface area contributed by atoms with Crippen molar-refractivity contribution in [3.8, 4) is 0 Å². The third-order valence-corrected chi connectivity index (χ3v) is 4.96. The summed E-state index contributed by atoms with van der Waals surface area (Å²) in [6, 6.07) is 0. The van der Waals surface area contributed by atoms with Gasteiger partial charge in [0.25, 0.3) is 0 Å². The van der Waals surface area contributed by atoms with Gasteiger partial charge >= 0.3 is 0 Å². The Morgan fingerprint density at radius 2 is 2.05 bits per heavy atom. The van der Waals surface area contributed by atoms with Gasteiger partial charge in [-0.3, -0.25) is 9.67 Å². The Labute approximate surface area is 151 Å². The van der Waals surface area contributed by atoms with Crippen LogP contribution in [0.15, 0.2) is 17.4 Å². The van der Waals surface area contributed by atoms with Crippen molar-refractivity contribution in [3.63, 3.8) is 0 Å². The molecule has 126 valence electrons. The zero-order valence-corrected chi connectivity index (χ0v) is 17.0. The first kappa shape index (κ1) is 19.3. The van der Waals surface area contributed by atoms with Gasteiger partial charge < -0.3 is 10.2 Å². The highest BCUT2D eigenvalue weighted by Gasteiger charge is 2.53. The van der Waals surface area contributed by atoms with Gasteiger partial charge in [0.2, 0.25) is 0 Å². The maximum Gasteiger partial charge on any atom is 0.194 e. The van der Waals surface area contributed by atoms with E-state index in [0.717, 1.165) is 32.0 Å². The molecule has 1 aromatic rings. The van der Waals surface area contributed by atoms with Gasteiger partial charge in [-0.15, -0.1) is 24.0 Å². The highest BCUT2D eigenvalue weighted by atomic mass is 127. The molecule has 22 heavy (non-hydrogen) atoms. The second-order valence-corrected chi connectivity index (χ2v) is 7.14. The summed E-state index contributed by atoms with van der Waals surface area (Å²) >= 11 is 0. The van der Waals surface area contributed by atoms with E-state index in [4.69, 9.17) is 0 Å². The summed E-state index contributed by atoms with van der Waals surface area (Å²) in [5, 5.41) is 7.78. The van der Waals surface area contributed by atoms with E-state index in [0.29, 0.717) is 5.41 Å². The first-order valence-corrected chi connectivity index (χ1v) is 7.75. The van der Waals surface area contributed by atoms with Gasteiger partial charge in [-0.2, -0.15) is 5.10 Å². The fraction of sp³-hybridized carbons (Fsp3) is 0.750. The van der Waals surface area contributed by atoms with Crippen molar-refractivity contribution in [2.45, 2.75) is 53.1 Å². The molecule has 5 nitrogen and oxygen atoms in total. The molecule has 0 bridgehead atoms. The molecule has 1 aliphatic rings. The number of hydrogen-bond acceptors (Lipinski definition) is 2. The molecule has 0 saturated carbocycles. The average Bonchev–Trinajstić information content (AvgIpc) is 2.83. The largest absolute Gasteiger partial charge is 0.356 e. The van der Waals surface area contributed by atoms with Crippen LogP contribution < -0.4 is 5.32 Å². The average molecular weight is 419 g/mol. The minimum Gasteiger partial charge on any atom is -0.356 e. The van der Waals surface area contributed by atoms with Crippen molar-refractivity contribution in [3.05, 3.63) is 18.0 Å². The van der Waals surface area contributed by atoms with Crippen molar-refractivity contribution in [2.75, 3.05) is 20.1 Å². The molecule has 0 radical (unpaired) electrons. The van der Waals surface area contributed by atoms with Crippen molar-refractivity contribution in [2.24, 2.45) is 10.4 Å². The minimum absolute atomic E-state index is 0. The Morgan fingerprint density at radius 3 is 2.50 bits per heavy atom. The number of hydrogen-bond donors (Lipinski definition) is 1. The normalized spacial score (nSPS) is 19.4. The van der Waals surface area contributed by atoms with Gasteiger partial charge in [0.05, 0.1) is 6.20 Å². The lowest BCUT2D eigenvalue weighted by Crippen LogP contribution is -2.72. The lowest BCUT2D eigenvalue weighted by molar-refractivity contribution is -0.0667. The maximum absolute atomic E-state index is 4.43. The molecule has 2 rings (SSSR count). The Balaban J connectivity index is 0.00000242. The molecule has 0 atom stereocenters. The summed E-state index contributed by atoms with van der Waals surface area (Å²) in [5.74, 6) is 1.01. The van der Waals surface area contributed by atoms with Crippen molar-refractivity contribution < 1.29 is 0 Å². The van der Waals surface area contributed by atoms with Crippen LogP contribution in [-0.4, -0.2) is 46.3 Å². The first-order chi connectivity index (χ1) is 9.78. The van der Waals surface area contributed by atoms with Crippen molar-refractivity contribution in [1.29, 1.82) is 0 Å². The highest BCUT2D eigenvalue weighted by Crippen LogP contribution is 2.46. The Morgan fingerprint density at radius 1 is 1.36 bits per heavy atom. The van der Waals surface area contributed by atoms with Crippen molar-refractivity contribution in [1.82, 2.24) is 20.0 Å².